The number of benzene rings is 3. The van der Waals surface area contributed by atoms with Gasteiger partial charge in [0.05, 0.1) is 26.3 Å². The van der Waals surface area contributed by atoms with Crippen molar-refractivity contribution in [3.05, 3.63) is 106 Å². The molecule has 0 amide bonds. The lowest BCUT2D eigenvalue weighted by atomic mass is 10.1. The van der Waals surface area contributed by atoms with Gasteiger partial charge in [0, 0.05) is 30.1 Å². The molecule has 0 saturated heterocycles. The van der Waals surface area contributed by atoms with Gasteiger partial charge in [-0.1, -0.05) is 60.7 Å². The zero-order valence-electron chi connectivity index (χ0n) is 19.2. The lowest BCUT2D eigenvalue weighted by Crippen LogP contribution is -2.39. The lowest BCUT2D eigenvalue weighted by molar-refractivity contribution is 0.355. The average Bonchev–Trinajstić information content (AvgIpc) is 2.87. The number of pyridine rings is 1. The van der Waals surface area contributed by atoms with E-state index in [1.807, 2.05) is 65.6 Å². The summed E-state index contributed by atoms with van der Waals surface area (Å²) in [6.45, 7) is 1.54. The van der Waals surface area contributed by atoms with Crippen molar-refractivity contribution in [1.82, 2.24) is 15.2 Å². The maximum atomic E-state index is 13.0. The quantitative estimate of drug-likeness (QED) is 0.364. The summed E-state index contributed by atoms with van der Waals surface area (Å²) in [5.74, 6) is 1.17. The minimum Gasteiger partial charge on any atom is -0.493 e. The maximum absolute atomic E-state index is 13.0. The highest BCUT2D eigenvalue weighted by atomic mass is 32.1. The van der Waals surface area contributed by atoms with Gasteiger partial charge in [-0.25, -0.2) is 0 Å². The third-order valence-corrected chi connectivity index (χ3v) is 5.98. The molecule has 0 saturated carbocycles. The minimum absolute atomic E-state index is 0.163. The first-order valence-electron chi connectivity index (χ1n) is 11.0. The van der Waals surface area contributed by atoms with E-state index in [1.54, 1.807) is 20.3 Å². The number of thiocarbonyl (C=S) groups is 1. The van der Waals surface area contributed by atoms with Crippen LogP contribution in [0.25, 0.3) is 10.9 Å². The van der Waals surface area contributed by atoms with Crippen LogP contribution in [-0.2, 0) is 19.6 Å². The molecule has 0 aliphatic rings. The Morgan fingerprint density at radius 1 is 0.882 bits per heavy atom. The van der Waals surface area contributed by atoms with E-state index in [1.165, 1.54) is 0 Å². The van der Waals surface area contributed by atoms with Gasteiger partial charge in [0.25, 0.3) is 5.56 Å². The fourth-order valence-electron chi connectivity index (χ4n) is 3.79. The first kappa shape index (κ1) is 23.3. The van der Waals surface area contributed by atoms with E-state index in [4.69, 9.17) is 21.7 Å². The number of fused-ring (bicyclic) bond motifs is 1. The molecule has 1 heterocycles. The van der Waals surface area contributed by atoms with Gasteiger partial charge in [-0.05, 0) is 35.5 Å². The van der Waals surface area contributed by atoms with E-state index in [0.717, 1.165) is 16.5 Å². The molecule has 4 rings (SSSR count). The van der Waals surface area contributed by atoms with Crippen molar-refractivity contribution in [2.75, 3.05) is 14.2 Å². The van der Waals surface area contributed by atoms with Crippen LogP contribution in [0.5, 0.6) is 11.5 Å². The Kier molecular flexibility index (Phi) is 7.44. The Bertz CT molecular complexity index is 1320. The topological polar surface area (TPSA) is 66.6 Å². The van der Waals surface area contributed by atoms with Gasteiger partial charge in [0.2, 0.25) is 0 Å². The molecule has 0 radical (unpaired) electrons. The normalized spacial score (nSPS) is 10.6. The van der Waals surface area contributed by atoms with E-state index in [9.17, 15) is 4.79 Å². The molecular formula is C27H27N3O3S. The second kappa shape index (κ2) is 10.9. The highest BCUT2D eigenvalue weighted by Gasteiger charge is 2.15. The van der Waals surface area contributed by atoms with Crippen LogP contribution in [0, 0.1) is 0 Å². The van der Waals surface area contributed by atoms with Crippen molar-refractivity contribution >= 4 is 28.2 Å². The number of aromatic nitrogens is 1. The third-order valence-electron chi connectivity index (χ3n) is 5.58. The highest BCUT2D eigenvalue weighted by molar-refractivity contribution is 7.80. The molecule has 0 aliphatic carbocycles. The smallest absolute Gasteiger partial charge is 0.253 e. The largest absolute Gasteiger partial charge is 0.493 e. The van der Waals surface area contributed by atoms with Gasteiger partial charge in [-0.15, -0.1) is 0 Å². The van der Waals surface area contributed by atoms with Gasteiger partial charge in [0.15, 0.2) is 16.6 Å². The second-order valence-corrected chi connectivity index (χ2v) is 8.29. The van der Waals surface area contributed by atoms with Gasteiger partial charge >= 0.3 is 0 Å². The summed E-state index contributed by atoms with van der Waals surface area (Å²) in [5.41, 5.74) is 3.37. The molecule has 0 atom stereocenters. The molecule has 7 heteroatoms. The zero-order valence-corrected chi connectivity index (χ0v) is 20.0. The monoisotopic (exact) mass is 473 g/mol. The van der Waals surface area contributed by atoms with Gasteiger partial charge in [-0.2, -0.15) is 0 Å². The summed E-state index contributed by atoms with van der Waals surface area (Å²) >= 11 is 5.75. The lowest BCUT2D eigenvalue weighted by Gasteiger charge is -2.26. The number of nitrogens with zero attached hydrogens (tertiary/aromatic N) is 1. The van der Waals surface area contributed by atoms with Crippen molar-refractivity contribution in [3.63, 3.8) is 0 Å². The molecule has 0 aliphatic heterocycles. The standard InChI is InChI=1S/C27H27N3O3S/c1-32-24-14-21-13-22(26(31)29-23(21)15-25(24)33-2)18-30(17-20-11-7-4-8-12-20)27(34)28-16-19-9-5-3-6-10-19/h3-15H,16-18H2,1-2H3,(H,28,34)(H,29,31). The van der Waals surface area contributed by atoms with Crippen LogP contribution in [-0.4, -0.2) is 29.2 Å². The molecule has 174 valence electrons. The number of methoxy groups -OCH3 is 2. The number of nitrogens with one attached hydrogen (secondary N) is 2. The van der Waals surface area contributed by atoms with Gasteiger partial charge in [0.1, 0.15) is 0 Å². The molecule has 0 bridgehead atoms. The number of hydrogen-bond donors (Lipinski definition) is 2. The molecule has 0 spiro atoms. The SMILES string of the molecule is COc1cc2cc(CN(Cc3ccccc3)C(=S)NCc3ccccc3)c(=O)[nH]c2cc1OC. The van der Waals surface area contributed by atoms with Gasteiger partial charge in [-0.3, -0.25) is 4.79 Å². The Balaban J connectivity index is 1.62. The number of ether oxygens (including phenoxy) is 2. The summed E-state index contributed by atoms with van der Waals surface area (Å²) in [6.07, 6.45) is 0. The molecule has 1 aromatic heterocycles. The summed E-state index contributed by atoms with van der Waals surface area (Å²) in [7, 11) is 3.16. The predicted octanol–water partition coefficient (Wildman–Crippen LogP) is 4.62. The second-order valence-electron chi connectivity index (χ2n) is 7.90. The molecule has 0 fully saturated rings. The van der Waals surface area contributed by atoms with E-state index in [2.05, 4.69) is 22.4 Å². The summed E-state index contributed by atoms with van der Waals surface area (Å²) < 4.78 is 10.8. The molecule has 3 aromatic carbocycles. The maximum Gasteiger partial charge on any atom is 0.253 e. The first-order chi connectivity index (χ1) is 16.6. The van der Waals surface area contributed by atoms with Crippen molar-refractivity contribution in [3.8, 4) is 11.5 Å². The van der Waals surface area contributed by atoms with E-state index >= 15 is 0 Å². The van der Waals surface area contributed by atoms with Crippen molar-refractivity contribution < 1.29 is 9.47 Å². The number of H-pyrrole nitrogens is 1. The Hall–Kier alpha value is -3.84. The Morgan fingerprint density at radius 2 is 1.50 bits per heavy atom. The average molecular weight is 474 g/mol. The number of rotatable bonds is 8. The molecular weight excluding hydrogens is 446 g/mol. The Labute approximate surface area is 204 Å². The summed E-state index contributed by atoms with van der Waals surface area (Å²) in [5, 5.41) is 4.78. The zero-order chi connectivity index (χ0) is 23.9. The van der Waals surface area contributed by atoms with E-state index < -0.39 is 0 Å². The third kappa shape index (κ3) is 5.55. The highest BCUT2D eigenvalue weighted by Crippen LogP contribution is 2.31. The molecule has 6 nitrogen and oxygen atoms in total. The minimum atomic E-state index is -0.163. The number of hydrogen-bond acceptors (Lipinski definition) is 4. The van der Waals surface area contributed by atoms with E-state index in [0.29, 0.717) is 47.3 Å². The molecule has 4 aromatic rings. The number of aromatic amines is 1. The van der Waals surface area contributed by atoms with Crippen LogP contribution in [0.15, 0.2) is 83.7 Å². The Morgan fingerprint density at radius 3 is 2.15 bits per heavy atom. The summed E-state index contributed by atoms with van der Waals surface area (Å²) in [6, 6.07) is 25.7. The van der Waals surface area contributed by atoms with Crippen molar-refractivity contribution in [1.29, 1.82) is 0 Å². The summed E-state index contributed by atoms with van der Waals surface area (Å²) in [4.78, 5) is 17.9. The van der Waals surface area contributed by atoms with Crippen LogP contribution in [0.1, 0.15) is 16.7 Å². The van der Waals surface area contributed by atoms with Crippen molar-refractivity contribution in [2.45, 2.75) is 19.6 Å². The van der Waals surface area contributed by atoms with Crippen LogP contribution in [0.3, 0.4) is 0 Å². The van der Waals surface area contributed by atoms with Gasteiger partial charge < -0.3 is 24.7 Å². The molecule has 2 N–H and O–H groups in total. The van der Waals surface area contributed by atoms with Crippen LogP contribution in [0.2, 0.25) is 0 Å². The van der Waals surface area contributed by atoms with Crippen LogP contribution < -0.4 is 20.3 Å². The van der Waals surface area contributed by atoms with Crippen molar-refractivity contribution in [2.24, 2.45) is 0 Å². The molecule has 0 unspecified atom stereocenters. The van der Waals surface area contributed by atoms with E-state index in [-0.39, 0.29) is 5.56 Å². The fraction of sp³-hybridized carbons (Fsp3) is 0.185. The van der Waals surface area contributed by atoms with Crippen LogP contribution >= 0.6 is 12.2 Å². The molecule has 34 heavy (non-hydrogen) atoms. The predicted molar refractivity (Wildman–Crippen MR) is 139 cm³/mol. The first-order valence-corrected chi connectivity index (χ1v) is 11.4. The fourth-order valence-corrected chi connectivity index (χ4v) is 3.99. The van der Waals surface area contributed by atoms with Crippen LogP contribution in [0.4, 0.5) is 0 Å².